The zero-order valence-electron chi connectivity index (χ0n) is 11.5. The van der Waals surface area contributed by atoms with Crippen LogP contribution in [-0.2, 0) is 0 Å². The van der Waals surface area contributed by atoms with E-state index in [1.54, 1.807) is 55.1 Å². The number of hydrogen-bond acceptors (Lipinski definition) is 4. The Kier molecular flexibility index (Phi) is 4.07. The molecule has 0 bridgehead atoms. The van der Waals surface area contributed by atoms with E-state index in [4.69, 9.17) is 17.0 Å². The molecule has 5 nitrogen and oxygen atoms in total. The van der Waals surface area contributed by atoms with E-state index >= 15 is 0 Å². The first-order valence-corrected chi connectivity index (χ1v) is 6.94. The van der Waals surface area contributed by atoms with Crippen LogP contribution in [-0.4, -0.2) is 25.6 Å². The lowest BCUT2D eigenvalue weighted by molar-refractivity contribution is 1.26. The molecule has 2 N–H and O–H groups in total. The molecule has 3 rings (SSSR count). The van der Waals surface area contributed by atoms with E-state index in [0.717, 1.165) is 16.8 Å². The van der Waals surface area contributed by atoms with Crippen LogP contribution < -0.4 is 0 Å². The molecule has 0 saturated heterocycles. The fraction of sp³-hybridized carbons (Fsp3) is 0. The van der Waals surface area contributed by atoms with Crippen LogP contribution in [0.1, 0.15) is 11.4 Å². The highest BCUT2D eigenvalue weighted by atomic mass is 35.5. The number of imidazole rings is 1. The molecule has 0 fully saturated rings. The maximum Gasteiger partial charge on any atom is 0.130 e. The molecule has 0 unspecified atom stereocenters. The molecular formula is C16H12ClN5. The third-order valence-corrected chi connectivity index (χ3v) is 3.26. The number of hydrogen-bond donors (Lipinski definition) is 2. The molecule has 0 aliphatic heterocycles. The summed E-state index contributed by atoms with van der Waals surface area (Å²) in [6, 6.07) is 7.18. The summed E-state index contributed by atoms with van der Waals surface area (Å²) in [5.74, 6) is 0.670. The summed E-state index contributed by atoms with van der Waals surface area (Å²) in [7, 11) is 0. The third kappa shape index (κ3) is 3.27. The largest absolute Gasteiger partial charge is 0.338 e. The smallest absolute Gasteiger partial charge is 0.130 e. The molecule has 6 heteroatoms. The topological polar surface area (TPSA) is 78.3 Å². The summed E-state index contributed by atoms with van der Waals surface area (Å²) < 4.78 is 0. The van der Waals surface area contributed by atoms with E-state index < -0.39 is 0 Å². The highest BCUT2D eigenvalue weighted by molar-refractivity contribution is 6.29. The monoisotopic (exact) mass is 309 g/mol. The van der Waals surface area contributed by atoms with Gasteiger partial charge in [-0.2, -0.15) is 0 Å². The minimum atomic E-state index is 0.397. The number of allylic oxidation sites excluding steroid dienone is 1. The number of nitrogens with zero attached hydrogens (tertiary/aromatic N) is 3. The van der Waals surface area contributed by atoms with Crippen LogP contribution >= 0.6 is 11.6 Å². The first-order valence-electron chi connectivity index (χ1n) is 6.56. The van der Waals surface area contributed by atoms with Crippen molar-refractivity contribution in [1.82, 2.24) is 19.9 Å². The van der Waals surface area contributed by atoms with Crippen molar-refractivity contribution in [2.75, 3.05) is 0 Å². The van der Waals surface area contributed by atoms with E-state index in [1.165, 1.54) is 0 Å². The van der Waals surface area contributed by atoms with Gasteiger partial charge in [-0.15, -0.1) is 0 Å². The van der Waals surface area contributed by atoms with Gasteiger partial charge in [0.05, 0.1) is 17.6 Å². The van der Waals surface area contributed by atoms with Crippen molar-refractivity contribution in [3.05, 3.63) is 71.7 Å². The lowest BCUT2D eigenvalue weighted by atomic mass is 10.1. The van der Waals surface area contributed by atoms with Crippen LogP contribution in [0.2, 0.25) is 5.15 Å². The van der Waals surface area contributed by atoms with Crippen molar-refractivity contribution in [3.63, 3.8) is 0 Å². The number of pyridine rings is 2. The Labute approximate surface area is 132 Å². The summed E-state index contributed by atoms with van der Waals surface area (Å²) in [5, 5.41) is 8.45. The molecule has 0 aliphatic carbocycles. The predicted molar refractivity (Wildman–Crippen MR) is 86.9 cm³/mol. The van der Waals surface area contributed by atoms with Crippen LogP contribution in [0.15, 0.2) is 55.1 Å². The first kappa shape index (κ1) is 14.2. The Morgan fingerprint density at radius 1 is 1.09 bits per heavy atom. The molecule has 0 aliphatic rings. The zero-order valence-corrected chi connectivity index (χ0v) is 12.2. The van der Waals surface area contributed by atoms with Crippen molar-refractivity contribution in [2.45, 2.75) is 0 Å². The summed E-state index contributed by atoms with van der Waals surface area (Å²) in [4.78, 5) is 15.4. The summed E-state index contributed by atoms with van der Waals surface area (Å²) >= 11 is 5.77. The second-order valence-electron chi connectivity index (χ2n) is 4.53. The van der Waals surface area contributed by atoms with E-state index in [1.807, 2.05) is 6.07 Å². The molecule has 0 atom stereocenters. The van der Waals surface area contributed by atoms with Gasteiger partial charge < -0.3 is 10.4 Å². The molecule has 3 heterocycles. The van der Waals surface area contributed by atoms with Gasteiger partial charge in [0.15, 0.2) is 0 Å². The minimum Gasteiger partial charge on any atom is -0.338 e. The van der Waals surface area contributed by atoms with Gasteiger partial charge in [0, 0.05) is 29.7 Å². The van der Waals surface area contributed by atoms with E-state index in [2.05, 4.69) is 19.9 Å². The van der Waals surface area contributed by atoms with E-state index in [-0.39, 0.29) is 0 Å². The van der Waals surface area contributed by atoms with Crippen molar-refractivity contribution < 1.29 is 0 Å². The Balaban J connectivity index is 1.75. The van der Waals surface area contributed by atoms with Crippen LogP contribution in [0.4, 0.5) is 0 Å². The number of halogens is 1. The fourth-order valence-electron chi connectivity index (χ4n) is 1.89. The predicted octanol–water partition coefficient (Wildman–Crippen LogP) is 3.60. The van der Waals surface area contributed by atoms with Gasteiger partial charge in [-0.3, -0.25) is 4.98 Å². The van der Waals surface area contributed by atoms with Gasteiger partial charge in [-0.05, 0) is 36.4 Å². The maximum atomic E-state index is 7.99. The number of nitrogens with one attached hydrogen (secondary N) is 2. The SMILES string of the molecule is N=C(/C=C\c1ncc(-c2ccc(Cl)nc2)[nH]1)c1ccncc1. The Morgan fingerprint density at radius 2 is 1.91 bits per heavy atom. The minimum absolute atomic E-state index is 0.397. The Hall–Kier alpha value is -2.79. The molecule has 0 radical (unpaired) electrons. The number of rotatable bonds is 4. The summed E-state index contributed by atoms with van der Waals surface area (Å²) in [5.41, 5.74) is 2.95. The van der Waals surface area contributed by atoms with Crippen molar-refractivity contribution >= 4 is 23.4 Å². The molecule has 108 valence electrons. The van der Waals surface area contributed by atoms with Crippen LogP contribution in [0.3, 0.4) is 0 Å². The lowest BCUT2D eigenvalue weighted by Gasteiger charge is -1.97. The normalized spacial score (nSPS) is 11.0. The van der Waals surface area contributed by atoms with Crippen LogP contribution in [0.25, 0.3) is 17.3 Å². The molecule has 22 heavy (non-hydrogen) atoms. The van der Waals surface area contributed by atoms with Crippen LogP contribution in [0, 0.1) is 5.41 Å². The average Bonchev–Trinajstić information content (AvgIpc) is 3.03. The standard InChI is InChI=1S/C16H12ClN5/c17-15-3-1-12(9-20-15)14-10-21-16(22-14)4-2-13(18)11-5-7-19-8-6-11/h1-10,18H,(H,21,22)/b4-2-,18-13?. The van der Waals surface area contributed by atoms with Gasteiger partial charge in [-0.25, -0.2) is 9.97 Å². The van der Waals surface area contributed by atoms with Gasteiger partial charge in [0.1, 0.15) is 11.0 Å². The molecule has 0 amide bonds. The average molecular weight is 310 g/mol. The molecule has 0 aromatic carbocycles. The van der Waals surface area contributed by atoms with Gasteiger partial charge >= 0.3 is 0 Å². The summed E-state index contributed by atoms with van der Waals surface area (Å²) in [6.45, 7) is 0. The number of aromatic amines is 1. The van der Waals surface area contributed by atoms with Gasteiger partial charge in [-0.1, -0.05) is 11.6 Å². The van der Waals surface area contributed by atoms with E-state index in [9.17, 15) is 0 Å². The van der Waals surface area contributed by atoms with E-state index in [0.29, 0.717) is 16.7 Å². The van der Waals surface area contributed by atoms with Crippen molar-refractivity contribution in [3.8, 4) is 11.3 Å². The zero-order chi connectivity index (χ0) is 15.4. The third-order valence-electron chi connectivity index (χ3n) is 3.03. The first-order chi connectivity index (χ1) is 10.7. The van der Waals surface area contributed by atoms with Gasteiger partial charge in [0.2, 0.25) is 0 Å². The van der Waals surface area contributed by atoms with Gasteiger partial charge in [0.25, 0.3) is 0 Å². The Morgan fingerprint density at radius 3 is 2.64 bits per heavy atom. The Bertz CT molecular complexity index is 806. The number of aromatic nitrogens is 4. The summed E-state index contributed by atoms with van der Waals surface area (Å²) in [6.07, 6.45) is 10.2. The lowest BCUT2D eigenvalue weighted by Crippen LogP contribution is -1.93. The molecule has 0 saturated carbocycles. The fourth-order valence-corrected chi connectivity index (χ4v) is 2.00. The van der Waals surface area contributed by atoms with Crippen molar-refractivity contribution in [1.29, 1.82) is 5.41 Å². The maximum absolute atomic E-state index is 7.99. The highest BCUT2D eigenvalue weighted by Crippen LogP contribution is 2.18. The molecular weight excluding hydrogens is 298 g/mol. The van der Waals surface area contributed by atoms with Crippen molar-refractivity contribution in [2.24, 2.45) is 0 Å². The highest BCUT2D eigenvalue weighted by Gasteiger charge is 2.02. The molecule has 3 aromatic heterocycles. The molecule has 3 aromatic rings. The molecule has 0 spiro atoms. The van der Waals surface area contributed by atoms with Crippen LogP contribution in [0.5, 0.6) is 0 Å². The second kappa shape index (κ2) is 6.32. The second-order valence-corrected chi connectivity index (χ2v) is 4.92. The quantitative estimate of drug-likeness (QED) is 0.571. The number of H-pyrrole nitrogens is 1.